The Hall–Kier alpha value is -1.48. The monoisotopic (exact) mass is 218 g/mol. The molecule has 3 heteroatoms. The van der Waals surface area contributed by atoms with E-state index in [1.54, 1.807) is 7.11 Å². The molecular formula is C13H18N2O. The largest absolute Gasteiger partial charge is 0.497 e. The highest BCUT2D eigenvalue weighted by Crippen LogP contribution is 2.25. The molecule has 86 valence electrons. The zero-order valence-corrected chi connectivity index (χ0v) is 10.1. The Morgan fingerprint density at radius 2 is 2.19 bits per heavy atom. The second-order valence-electron chi connectivity index (χ2n) is 4.00. The van der Waals surface area contributed by atoms with E-state index in [0.717, 1.165) is 18.7 Å². The molecule has 0 spiro atoms. The second kappa shape index (κ2) is 4.58. The summed E-state index contributed by atoms with van der Waals surface area (Å²) in [6, 6.07) is 6.22. The Morgan fingerprint density at radius 1 is 1.38 bits per heavy atom. The van der Waals surface area contributed by atoms with Gasteiger partial charge in [0.15, 0.2) is 0 Å². The number of methoxy groups -OCH3 is 1. The van der Waals surface area contributed by atoms with Crippen LogP contribution in [0.25, 0.3) is 10.9 Å². The standard InChI is InChI=1S/C13H18N2O/c1-14-7-6-10-9-15(2)13-5-4-11(16-3)8-12(10)13/h4-5,8-9,14H,6-7H2,1-3H3. The van der Waals surface area contributed by atoms with Gasteiger partial charge in [-0.3, -0.25) is 0 Å². The lowest BCUT2D eigenvalue weighted by molar-refractivity contribution is 0.415. The van der Waals surface area contributed by atoms with E-state index in [1.165, 1.54) is 16.5 Å². The number of hydrogen-bond acceptors (Lipinski definition) is 2. The molecule has 16 heavy (non-hydrogen) atoms. The molecule has 1 aromatic heterocycles. The fourth-order valence-corrected chi connectivity index (χ4v) is 2.04. The van der Waals surface area contributed by atoms with Gasteiger partial charge in [-0.2, -0.15) is 0 Å². The maximum absolute atomic E-state index is 5.27. The van der Waals surface area contributed by atoms with E-state index in [9.17, 15) is 0 Å². The highest BCUT2D eigenvalue weighted by molar-refractivity contribution is 5.85. The average molecular weight is 218 g/mol. The van der Waals surface area contributed by atoms with Crippen LogP contribution in [0.4, 0.5) is 0 Å². The Morgan fingerprint density at radius 3 is 2.88 bits per heavy atom. The Bertz CT molecular complexity index is 488. The molecule has 2 aromatic rings. The highest BCUT2D eigenvalue weighted by atomic mass is 16.5. The van der Waals surface area contributed by atoms with Crippen molar-refractivity contribution in [2.45, 2.75) is 6.42 Å². The molecule has 0 amide bonds. The zero-order valence-electron chi connectivity index (χ0n) is 10.1. The SMILES string of the molecule is CNCCc1cn(C)c2ccc(OC)cc12. The number of nitrogens with one attached hydrogen (secondary N) is 1. The molecule has 2 rings (SSSR count). The van der Waals surface area contributed by atoms with Crippen molar-refractivity contribution < 1.29 is 4.74 Å². The van der Waals surface area contributed by atoms with Gasteiger partial charge in [-0.15, -0.1) is 0 Å². The molecule has 1 heterocycles. The molecule has 1 aromatic carbocycles. The predicted octanol–water partition coefficient (Wildman–Crippen LogP) is 1.95. The van der Waals surface area contributed by atoms with Crippen molar-refractivity contribution in [2.24, 2.45) is 7.05 Å². The maximum Gasteiger partial charge on any atom is 0.119 e. The van der Waals surface area contributed by atoms with Gasteiger partial charge in [0.25, 0.3) is 0 Å². The molecule has 0 radical (unpaired) electrons. The average Bonchev–Trinajstić information content (AvgIpc) is 2.63. The quantitative estimate of drug-likeness (QED) is 0.849. The summed E-state index contributed by atoms with van der Waals surface area (Å²) < 4.78 is 7.43. The lowest BCUT2D eigenvalue weighted by Crippen LogP contribution is -2.09. The summed E-state index contributed by atoms with van der Waals surface area (Å²) in [7, 11) is 5.76. The number of hydrogen-bond donors (Lipinski definition) is 1. The number of nitrogens with zero attached hydrogens (tertiary/aromatic N) is 1. The van der Waals surface area contributed by atoms with E-state index in [4.69, 9.17) is 4.74 Å². The van der Waals surface area contributed by atoms with Crippen LogP contribution in [0.3, 0.4) is 0 Å². The third kappa shape index (κ3) is 1.91. The molecule has 0 unspecified atom stereocenters. The van der Waals surface area contributed by atoms with Crippen LogP contribution in [0.5, 0.6) is 5.75 Å². The van der Waals surface area contributed by atoms with Crippen LogP contribution in [0.15, 0.2) is 24.4 Å². The molecule has 0 aliphatic heterocycles. The maximum atomic E-state index is 5.27. The molecule has 0 atom stereocenters. The molecule has 0 fully saturated rings. The van der Waals surface area contributed by atoms with Gasteiger partial charge in [-0.05, 0) is 43.8 Å². The van der Waals surface area contributed by atoms with Crippen molar-refractivity contribution in [3.05, 3.63) is 30.0 Å². The first kappa shape index (κ1) is 11.0. The van der Waals surface area contributed by atoms with Gasteiger partial charge >= 0.3 is 0 Å². The molecule has 3 nitrogen and oxygen atoms in total. The molecule has 0 saturated heterocycles. The number of ether oxygens (including phenoxy) is 1. The fraction of sp³-hybridized carbons (Fsp3) is 0.385. The van der Waals surface area contributed by atoms with E-state index in [2.05, 4.69) is 35.3 Å². The Balaban J connectivity index is 2.47. The number of rotatable bonds is 4. The zero-order chi connectivity index (χ0) is 11.5. The molecular weight excluding hydrogens is 200 g/mol. The summed E-state index contributed by atoms with van der Waals surface area (Å²) >= 11 is 0. The van der Waals surface area contributed by atoms with Gasteiger partial charge in [0.1, 0.15) is 5.75 Å². The Labute approximate surface area is 96.0 Å². The summed E-state index contributed by atoms with van der Waals surface area (Å²) in [6.07, 6.45) is 3.24. The van der Waals surface area contributed by atoms with Crippen molar-refractivity contribution >= 4 is 10.9 Å². The van der Waals surface area contributed by atoms with Gasteiger partial charge in [-0.25, -0.2) is 0 Å². The molecule has 1 N–H and O–H groups in total. The van der Waals surface area contributed by atoms with Crippen LogP contribution in [0, 0.1) is 0 Å². The summed E-state index contributed by atoms with van der Waals surface area (Å²) in [5.74, 6) is 0.921. The highest BCUT2D eigenvalue weighted by Gasteiger charge is 2.06. The minimum atomic E-state index is 0.921. The molecule has 0 saturated carbocycles. The van der Waals surface area contributed by atoms with Crippen LogP contribution in [0.2, 0.25) is 0 Å². The molecule has 0 aliphatic rings. The van der Waals surface area contributed by atoms with Crippen molar-refractivity contribution in [1.29, 1.82) is 0 Å². The predicted molar refractivity (Wildman–Crippen MR) is 67.1 cm³/mol. The summed E-state index contributed by atoms with van der Waals surface area (Å²) in [4.78, 5) is 0. The number of likely N-dealkylation sites (N-methyl/N-ethyl adjacent to an activating group) is 1. The fourth-order valence-electron chi connectivity index (χ4n) is 2.04. The second-order valence-corrected chi connectivity index (χ2v) is 4.00. The van der Waals surface area contributed by atoms with E-state index in [-0.39, 0.29) is 0 Å². The number of aryl methyl sites for hydroxylation is 1. The third-order valence-electron chi connectivity index (χ3n) is 2.92. The lowest BCUT2D eigenvalue weighted by atomic mass is 10.1. The number of aromatic nitrogens is 1. The van der Waals surface area contributed by atoms with Gasteiger partial charge in [0.05, 0.1) is 7.11 Å². The van der Waals surface area contributed by atoms with E-state index < -0.39 is 0 Å². The van der Waals surface area contributed by atoms with Crippen molar-refractivity contribution in [3.63, 3.8) is 0 Å². The van der Waals surface area contributed by atoms with E-state index in [1.807, 2.05) is 13.1 Å². The van der Waals surface area contributed by atoms with Crippen molar-refractivity contribution in [2.75, 3.05) is 20.7 Å². The first-order valence-electron chi connectivity index (χ1n) is 5.53. The topological polar surface area (TPSA) is 26.2 Å². The van der Waals surface area contributed by atoms with Crippen LogP contribution in [-0.4, -0.2) is 25.3 Å². The summed E-state index contributed by atoms with van der Waals surface area (Å²) in [5.41, 5.74) is 2.62. The van der Waals surface area contributed by atoms with Crippen LogP contribution in [-0.2, 0) is 13.5 Å². The lowest BCUT2D eigenvalue weighted by Gasteiger charge is -2.02. The van der Waals surface area contributed by atoms with Gasteiger partial charge in [0.2, 0.25) is 0 Å². The van der Waals surface area contributed by atoms with Gasteiger partial charge < -0.3 is 14.6 Å². The first-order valence-corrected chi connectivity index (χ1v) is 5.53. The van der Waals surface area contributed by atoms with Crippen molar-refractivity contribution in [3.8, 4) is 5.75 Å². The van der Waals surface area contributed by atoms with E-state index >= 15 is 0 Å². The normalized spacial score (nSPS) is 10.9. The number of fused-ring (bicyclic) bond motifs is 1. The van der Waals surface area contributed by atoms with Gasteiger partial charge in [0, 0.05) is 24.1 Å². The minimum absolute atomic E-state index is 0.921. The molecule has 0 bridgehead atoms. The minimum Gasteiger partial charge on any atom is -0.497 e. The molecule has 0 aliphatic carbocycles. The summed E-state index contributed by atoms with van der Waals surface area (Å²) in [6.45, 7) is 0.996. The van der Waals surface area contributed by atoms with Gasteiger partial charge in [-0.1, -0.05) is 0 Å². The Kier molecular flexibility index (Phi) is 3.15. The van der Waals surface area contributed by atoms with Crippen molar-refractivity contribution in [1.82, 2.24) is 9.88 Å². The van der Waals surface area contributed by atoms with Crippen LogP contribution in [0.1, 0.15) is 5.56 Å². The smallest absolute Gasteiger partial charge is 0.119 e. The van der Waals surface area contributed by atoms with Crippen LogP contribution < -0.4 is 10.1 Å². The third-order valence-corrected chi connectivity index (χ3v) is 2.92. The first-order chi connectivity index (χ1) is 7.76. The van der Waals surface area contributed by atoms with Crippen LogP contribution >= 0.6 is 0 Å². The number of benzene rings is 1. The summed E-state index contributed by atoms with van der Waals surface area (Å²) in [5, 5.41) is 4.47. The van der Waals surface area contributed by atoms with E-state index in [0.29, 0.717) is 0 Å².